The van der Waals surface area contributed by atoms with E-state index < -0.39 is 5.82 Å². The third kappa shape index (κ3) is 4.55. The average molecular weight is 496 g/mol. The number of halogens is 2. The number of benzene rings is 2. The Labute approximate surface area is 192 Å². The number of nitrogens with one attached hydrogen (secondary N) is 1. The van der Waals surface area contributed by atoms with Crippen molar-refractivity contribution in [3.63, 3.8) is 0 Å². The Morgan fingerprint density at radius 2 is 1.91 bits per heavy atom. The smallest absolute Gasteiger partial charge is 0.337 e. The van der Waals surface area contributed by atoms with Crippen molar-refractivity contribution >= 4 is 38.5 Å². The molecule has 162 valence electrons. The summed E-state index contributed by atoms with van der Waals surface area (Å²) in [4.78, 5) is 20.6. The lowest BCUT2D eigenvalue weighted by Gasteiger charge is -2.18. The number of carbonyl (C=O) groups is 1. The second-order valence-electron chi connectivity index (χ2n) is 7.03. The fraction of sp³-hybridized carbons (Fsp3) is 0.125. The van der Waals surface area contributed by atoms with Crippen LogP contribution in [0.15, 0.2) is 71.5 Å². The van der Waals surface area contributed by atoms with E-state index in [1.807, 2.05) is 25.1 Å². The Hall–Kier alpha value is -3.52. The molecule has 2 aromatic carbocycles. The maximum absolute atomic E-state index is 13.6. The summed E-state index contributed by atoms with van der Waals surface area (Å²) < 4.78 is 25.1. The second-order valence-corrected chi connectivity index (χ2v) is 7.89. The zero-order valence-corrected chi connectivity index (χ0v) is 18.9. The number of esters is 1. The number of anilines is 1. The summed E-state index contributed by atoms with van der Waals surface area (Å²) in [5.41, 5.74) is 1.43. The van der Waals surface area contributed by atoms with Gasteiger partial charge in [-0.3, -0.25) is 0 Å². The Bertz CT molecular complexity index is 1280. The minimum Gasteiger partial charge on any atom is -0.465 e. The van der Waals surface area contributed by atoms with E-state index in [4.69, 9.17) is 9.47 Å². The maximum atomic E-state index is 13.6. The summed E-state index contributed by atoms with van der Waals surface area (Å²) in [7, 11) is 1.35. The highest BCUT2D eigenvalue weighted by Gasteiger charge is 2.17. The first-order valence-electron chi connectivity index (χ1n) is 9.77. The van der Waals surface area contributed by atoms with Crippen LogP contribution in [-0.2, 0) is 4.74 Å². The van der Waals surface area contributed by atoms with E-state index in [1.54, 1.807) is 36.7 Å². The SMILES string of the molecule is COC(=O)c1ccc([C@H](C)Nc2ncc(Br)c3ccnc(Oc4cccc(F)c4)c23)cc1. The molecule has 0 spiro atoms. The molecule has 0 aliphatic rings. The molecule has 4 rings (SSSR count). The number of nitrogens with zero attached hydrogens (tertiary/aromatic N) is 2. The zero-order valence-electron chi connectivity index (χ0n) is 17.3. The van der Waals surface area contributed by atoms with Gasteiger partial charge in [-0.1, -0.05) is 18.2 Å². The highest BCUT2D eigenvalue weighted by atomic mass is 79.9. The average Bonchev–Trinajstić information content (AvgIpc) is 2.80. The Morgan fingerprint density at radius 3 is 2.62 bits per heavy atom. The molecule has 0 saturated heterocycles. The summed E-state index contributed by atoms with van der Waals surface area (Å²) in [6.07, 6.45) is 3.32. The molecule has 32 heavy (non-hydrogen) atoms. The number of hydrogen-bond donors (Lipinski definition) is 1. The number of fused-ring (bicyclic) bond motifs is 1. The van der Waals surface area contributed by atoms with Crippen LogP contribution in [0.3, 0.4) is 0 Å². The summed E-state index contributed by atoms with van der Waals surface area (Å²) in [5, 5.41) is 4.89. The van der Waals surface area contributed by atoms with Crippen LogP contribution in [0.2, 0.25) is 0 Å². The van der Waals surface area contributed by atoms with E-state index >= 15 is 0 Å². The molecule has 1 atom stereocenters. The molecular weight excluding hydrogens is 477 g/mol. The predicted octanol–water partition coefficient (Wildman–Crippen LogP) is 6.28. The van der Waals surface area contributed by atoms with E-state index in [0.29, 0.717) is 28.4 Å². The third-order valence-electron chi connectivity index (χ3n) is 4.91. The van der Waals surface area contributed by atoms with E-state index in [2.05, 4.69) is 31.2 Å². The molecule has 0 amide bonds. The van der Waals surface area contributed by atoms with Crippen molar-refractivity contribution in [1.29, 1.82) is 0 Å². The van der Waals surface area contributed by atoms with Crippen LogP contribution in [0.5, 0.6) is 11.6 Å². The molecular formula is C24H19BrFN3O3. The van der Waals surface area contributed by atoms with Crippen LogP contribution in [-0.4, -0.2) is 23.0 Å². The lowest BCUT2D eigenvalue weighted by atomic mass is 10.1. The minimum absolute atomic E-state index is 0.138. The summed E-state index contributed by atoms with van der Waals surface area (Å²) in [6, 6.07) is 14.7. The molecule has 8 heteroatoms. The molecule has 0 bridgehead atoms. The van der Waals surface area contributed by atoms with E-state index in [9.17, 15) is 9.18 Å². The number of hydrogen-bond acceptors (Lipinski definition) is 6. The third-order valence-corrected chi connectivity index (χ3v) is 5.54. The normalized spacial score (nSPS) is 11.8. The molecule has 6 nitrogen and oxygen atoms in total. The monoisotopic (exact) mass is 495 g/mol. The molecule has 0 radical (unpaired) electrons. The largest absolute Gasteiger partial charge is 0.465 e. The van der Waals surface area contributed by atoms with Gasteiger partial charge in [0.05, 0.1) is 18.1 Å². The van der Waals surface area contributed by atoms with Gasteiger partial charge in [0.15, 0.2) is 0 Å². The number of carbonyl (C=O) groups excluding carboxylic acids is 1. The lowest BCUT2D eigenvalue weighted by molar-refractivity contribution is 0.0600. The van der Waals surface area contributed by atoms with Crippen molar-refractivity contribution in [2.24, 2.45) is 0 Å². The van der Waals surface area contributed by atoms with Gasteiger partial charge >= 0.3 is 5.97 Å². The van der Waals surface area contributed by atoms with Gasteiger partial charge < -0.3 is 14.8 Å². The molecule has 0 unspecified atom stereocenters. The van der Waals surface area contributed by atoms with Gasteiger partial charge in [0.2, 0.25) is 5.88 Å². The lowest BCUT2D eigenvalue weighted by Crippen LogP contribution is -2.09. The topological polar surface area (TPSA) is 73.3 Å². The van der Waals surface area contributed by atoms with Crippen LogP contribution < -0.4 is 10.1 Å². The Morgan fingerprint density at radius 1 is 1.12 bits per heavy atom. The van der Waals surface area contributed by atoms with Crippen LogP contribution in [0.25, 0.3) is 10.8 Å². The quantitative estimate of drug-likeness (QED) is 0.317. The zero-order chi connectivity index (χ0) is 22.7. The summed E-state index contributed by atoms with van der Waals surface area (Å²) in [6.45, 7) is 1.98. The van der Waals surface area contributed by atoms with Crippen LogP contribution in [0.1, 0.15) is 28.9 Å². The molecule has 4 aromatic rings. The number of ether oxygens (including phenoxy) is 2. The van der Waals surface area contributed by atoms with Gasteiger partial charge in [0, 0.05) is 34.4 Å². The first kappa shape index (κ1) is 21.7. The van der Waals surface area contributed by atoms with Crippen LogP contribution >= 0.6 is 15.9 Å². The summed E-state index contributed by atoms with van der Waals surface area (Å²) >= 11 is 3.52. The summed E-state index contributed by atoms with van der Waals surface area (Å²) in [5.74, 6) is 0.416. The second kappa shape index (κ2) is 9.32. The van der Waals surface area contributed by atoms with E-state index in [1.165, 1.54) is 19.2 Å². The van der Waals surface area contributed by atoms with E-state index in [0.717, 1.165) is 15.4 Å². The molecule has 0 fully saturated rings. The fourth-order valence-corrected chi connectivity index (χ4v) is 3.70. The maximum Gasteiger partial charge on any atom is 0.337 e. The Balaban J connectivity index is 1.69. The van der Waals surface area contributed by atoms with Crippen molar-refractivity contribution in [1.82, 2.24) is 9.97 Å². The van der Waals surface area contributed by atoms with Gasteiger partial charge in [-0.05, 0) is 58.7 Å². The van der Waals surface area contributed by atoms with Crippen LogP contribution in [0, 0.1) is 5.82 Å². The van der Waals surface area contributed by atoms with Gasteiger partial charge in [-0.2, -0.15) is 0 Å². The molecule has 2 heterocycles. The van der Waals surface area contributed by atoms with E-state index in [-0.39, 0.29) is 12.0 Å². The molecule has 1 N–H and O–H groups in total. The van der Waals surface area contributed by atoms with Gasteiger partial charge in [0.25, 0.3) is 0 Å². The van der Waals surface area contributed by atoms with Crippen molar-refractivity contribution in [2.45, 2.75) is 13.0 Å². The molecule has 0 aliphatic heterocycles. The number of aromatic nitrogens is 2. The van der Waals surface area contributed by atoms with Crippen LogP contribution in [0.4, 0.5) is 10.2 Å². The minimum atomic E-state index is -0.399. The van der Waals surface area contributed by atoms with Crippen molar-refractivity contribution in [3.05, 3.63) is 88.4 Å². The fourth-order valence-electron chi connectivity index (χ4n) is 3.27. The van der Waals surface area contributed by atoms with Crippen molar-refractivity contribution in [2.75, 3.05) is 12.4 Å². The van der Waals surface area contributed by atoms with Gasteiger partial charge in [-0.15, -0.1) is 0 Å². The first-order valence-corrected chi connectivity index (χ1v) is 10.6. The molecule has 0 saturated carbocycles. The number of pyridine rings is 2. The number of methoxy groups -OCH3 is 1. The highest BCUT2D eigenvalue weighted by Crippen LogP contribution is 2.37. The van der Waals surface area contributed by atoms with Gasteiger partial charge in [-0.25, -0.2) is 19.2 Å². The molecule has 0 aliphatic carbocycles. The highest BCUT2D eigenvalue weighted by molar-refractivity contribution is 9.10. The number of rotatable bonds is 6. The standard InChI is InChI=1S/C24H19BrFN3O3/c1-14(15-6-8-16(9-7-15)24(30)31-2)29-22-21-19(20(25)13-28-22)10-11-27-23(21)32-18-5-3-4-17(26)12-18/h3-14H,1-2H3,(H,28,29)/t14-/m0/s1. The van der Waals surface area contributed by atoms with Crippen molar-refractivity contribution in [3.8, 4) is 11.6 Å². The Kier molecular flexibility index (Phi) is 6.32. The van der Waals surface area contributed by atoms with Gasteiger partial charge in [0.1, 0.15) is 17.4 Å². The van der Waals surface area contributed by atoms with Crippen molar-refractivity contribution < 1.29 is 18.7 Å². The first-order chi connectivity index (χ1) is 15.5. The molecule has 2 aromatic heterocycles. The predicted molar refractivity (Wildman–Crippen MR) is 124 cm³/mol.